The van der Waals surface area contributed by atoms with E-state index >= 15 is 0 Å². The van der Waals surface area contributed by atoms with Crippen molar-refractivity contribution < 1.29 is 19.4 Å². The third kappa shape index (κ3) is 3.08. The standard InChI is InChI=1S/C13H15N3O4S/c1-7-10(21-20-19-18-3)6-8-4-5-9(16-15-2)12(14)11(8)13(7)17/h4-6,17H,14H2,1-3H3. The van der Waals surface area contributed by atoms with Crippen LogP contribution in [0.2, 0.25) is 0 Å². The van der Waals surface area contributed by atoms with Crippen LogP contribution < -0.4 is 5.73 Å². The lowest BCUT2D eigenvalue weighted by Crippen LogP contribution is -1.92. The zero-order valence-corrected chi connectivity index (χ0v) is 12.6. The number of anilines is 1. The molecule has 0 unspecified atom stereocenters. The summed E-state index contributed by atoms with van der Waals surface area (Å²) in [6, 6.07) is 5.37. The minimum Gasteiger partial charge on any atom is -0.507 e. The zero-order valence-electron chi connectivity index (χ0n) is 11.8. The van der Waals surface area contributed by atoms with Crippen molar-refractivity contribution in [3.05, 3.63) is 23.8 Å². The third-order valence-corrected chi connectivity index (χ3v) is 3.66. The SMILES string of the molecule is CN=Nc1ccc2cc(SOOOC)c(C)c(O)c2c1N. The van der Waals surface area contributed by atoms with E-state index in [0.717, 1.165) is 17.4 Å². The summed E-state index contributed by atoms with van der Waals surface area (Å²) in [5.74, 6) is 0.0710. The molecule has 2 aromatic carbocycles. The van der Waals surface area contributed by atoms with Crippen LogP contribution in [0, 0.1) is 6.92 Å². The van der Waals surface area contributed by atoms with Gasteiger partial charge in [-0.2, -0.15) is 10.2 Å². The van der Waals surface area contributed by atoms with Gasteiger partial charge in [0.1, 0.15) is 11.4 Å². The molecule has 0 heterocycles. The van der Waals surface area contributed by atoms with Crippen LogP contribution in [0.25, 0.3) is 10.8 Å². The molecule has 7 nitrogen and oxygen atoms in total. The molecule has 0 bridgehead atoms. The highest BCUT2D eigenvalue weighted by Gasteiger charge is 2.15. The number of azo groups is 1. The van der Waals surface area contributed by atoms with E-state index in [2.05, 4.69) is 20.2 Å². The number of aromatic hydroxyl groups is 1. The average Bonchev–Trinajstić information content (AvgIpc) is 2.47. The van der Waals surface area contributed by atoms with Gasteiger partial charge >= 0.3 is 0 Å². The first-order valence-corrected chi connectivity index (χ1v) is 6.73. The molecule has 0 aliphatic rings. The molecule has 0 saturated heterocycles. The number of fused-ring (bicyclic) bond motifs is 1. The van der Waals surface area contributed by atoms with Gasteiger partial charge in [-0.3, -0.25) is 0 Å². The fourth-order valence-corrected chi connectivity index (χ4v) is 2.48. The first kappa shape index (κ1) is 15.5. The molecular formula is C13H15N3O4S. The molecule has 8 heteroatoms. The lowest BCUT2D eigenvalue weighted by Gasteiger charge is -2.12. The Kier molecular flexibility index (Phi) is 4.97. The van der Waals surface area contributed by atoms with Gasteiger partial charge in [-0.15, -0.1) is 4.33 Å². The number of nitrogen functional groups attached to an aromatic ring is 1. The van der Waals surface area contributed by atoms with Crippen molar-refractivity contribution in [3.63, 3.8) is 0 Å². The van der Waals surface area contributed by atoms with Crippen LogP contribution in [0.4, 0.5) is 11.4 Å². The summed E-state index contributed by atoms with van der Waals surface area (Å²) in [5.41, 5.74) is 7.56. The average molecular weight is 309 g/mol. The van der Waals surface area contributed by atoms with E-state index in [9.17, 15) is 5.11 Å². The second-order valence-corrected chi connectivity index (χ2v) is 4.87. The van der Waals surface area contributed by atoms with Gasteiger partial charge in [0.25, 0.3) is 0 Å². The molecule has 0 spiro atoms. The summed E-state index contributed by atoms with van der Waals surface area (Å²) in [4.78, 5) is 5.02. The van der Waals surface area contributed by atoms with Gasteiger partial charge in [0.05, 0.1) is 24.8 Å². The Morgan fingerprint density at radius 2 is 2.10 bits per heavy atom. The van der Waals surface area contributed by atoms with Crippen molar-refractivity contribution in [2.45, 2.75) is 11.8 Å². The number of hydrogen-bond acceptors (Lipinski definition) is 8. The summed E-state index contributed by atoms with van der Waals surface area (Å²) >= 11 is 0.931. The maximum atomic E-state index is 10.4. The molecule has 0 aliphatic heterocycles. The fourth-order valence-electron chi connectivity index (χ4n) is 1.92. The van der Waals surface area contributed by atoms with E-state index < -0.39 is 0 Å². The van der Waals surface area contributed by atoms with E-state index in [-0.39, 0.29) is 5.75 Å². The Balaban J connectivity index is 2.55. The molecule has 0 radical (unpaired) electrons. The summed E-state index contributed by atoms with van der Waals surface area (Å²) in [7, 11) is 2.89. The lowest BCUT2D eigenvalue weighted by atomic mass is 10.0. The van der Waals surface area contributed by atoms with Crippen molar-refractivity contribution in [2.75, 3.05) is 19.9 Å². The van der Waals surface area contributed by atoms with Gasteiger partial charge in [-0.1, -0.05) is 11.1 Å². The molecule has 0 aliphatic carbocycles. The Hall–Kier alpha value is -1.87. The molecule has 2 rings (SSSR count). The monoisotopic (exact) mass is 309 g/mol. The smallest absolute Gasteiger partial charge is 0.129 e. The van der Waals surface area contributed by atoms with Gasteiger partial charge in [-0.05, 0) is 24.4 Å². The van der Waals surface area contributed by atoms with Crippen LogP contribution >= 0.6 is 12.0 Å². The topological polar surface area (TPSA) is 98.7 Å². The zero-order chi connectivity index (χ0) is 15.4. The summed E-state index contributed by atoms with van der Waals surface area (Å²) in [6.45, 7) is 1.75. The highest BCUT2D eigenvalue weighted by Crippen LogP contribution is 2.42. The summed E-state index contributed by atoms with van der Waals surface area (Å²) in [6.07, 6.45) is 0. The van der Waals surface area contributed by atoms with Crippen LogP contribution in [0.1, 0.15) is 5.56 Å². The second kappa shape index (κ2) is 6.72. The molecule has 112 valence electrons. The molecule has 0 atom stereocenters. The van der Waals surface area contributed by atoms with Gasteiger partial charge in [0.15, 0.2) is 0 Å². The van der Waals surface area contributed by atoms with Crippen LogP contribution in [-0.4, -0.2) is 19.3 Å². The highest BCUT2D eigenvalue weighted by molar-refractivity contribution is 7.94. The van der Waals surface area contributed by atoms with Crippen molar-refractivity contribution in [1.82, 2.24) is 0 Å². The quantitative estimate of drug-likeness (QED) is 0.218. The van der Waals surface area contributed by atoms with Crippen LogP contribution in [-0.2, 0) is 14.3 Å². The normalized spacial score (nSPS) is 11.6. The van der Waals surface area contributed by atoms with E-state index in [1.807, 2.05) is 6.07 Å². The lowest BCUT2D eigenvalue weighted by molar-refractivity contribution is -0.447. The van der Waals surface area contributed by atoms with Gasteiger partial charge < -0.3 is 10.8 Å². The van der Waals surface area contributed by atoms with Crippen molar-refractivity contribution in [2.24, 2.45) is 10.2 Å². The predicted molar refractivity (Wildman–Crippen MR) is 80.2 cm³/mol. The number of rotatable bonds is 5. The maximum Gasteiger partial charge on any atom is 0.129 e. The largest absolute Gasteiger partial charge is 0.507 e. The van der Waals surface area contributed by atoms with Crippen molar-refractivity contribution in [1.29, 1.82) is 0 Å². The maximum absolute atomic E-state index is 10.4. The van der Waals surface area contributed by atoms with Crippen LogP contribution in [0.5, 0.6) is 5.75 Å². The summed E-state index contributed by atoms with van der Waals surface area (Å²) in [5, 5.41) is 23.7. The second-order valence-electron chi connectivity index (χ2n) is 4.13. The van der Waals surface area contributed by atoms with E-state index in [0.29, 0.717) is 27.2 Å². The molecular weight excluding hydrogens is 294 g/mol. The molecule has 0 amide bonds. The Morgan fingerprint density at radius 1 is 1.33 bits per heavy atom. The Labute approximate surface area is 125 Å². The minimum absolute atomic E-state index is 0.0710. The highest BCUT2D eigenvalue weighted by atomic mass is 32.2. The number of phenolic OH excluding ortho intramolecular Hbond substituents is 1. The van der Waals surface area contributed by atoms with Crippen molar-refractivity contribution in [3.8, 4) is 5.75 Å². The van der Waals surface area contributed by atoms with Crippen LogP contribution in [0.3, 0.4) is 0 Å². The molecule has 3 N–H and O–H groups in total. The van der Waals surface area contributed by atoms with E-state index in [4.69, 9.17) is 10.1 Å². The Morgan fingerprint density at radius 3 is 2.76 bits per heavy atom. The number of hydrogen-bond donors (Lipinski definition) is 2. The molecule has 21 heavy (non-hydrogen) atoms. The van der Waals surface area contributed by atoms with E-state index in [1.54, 1.807) is 26.1 Å². The van der Waals surface area contributed by atoms with Crippen molar-refractivity contribution >= 4 is 34.2 Å². The fraction of sp³-hybridized carbons (Fsp3) is 0.231. The number of nitrogens with two attached hydrogens (primary N) is 1. The molecule has 0 fully saturated rings. The number of nitrogens with zero attached hydrogens (tertiary/aromatic N) is 2. The Bertz CT molecular complexity index is 691. The first-order chi connectivity index (χ1) is 10.1. The van der Waals surface area contributed by atoms with Gasteiger partial charge in [0, 0.05) is 22.9 Å². The molecule has 2 aromatic rings. The van der Waals surface area contributed by atoms with E-state index in [1.165, 1.54) is 7.11 Å². The molecule has 0 aromatic heterocycles. The van der Waals surface area contributed by atoms with Crippen LogP contribution in [0.15, 0.2) is 33.3 Å². The minimum atomic E-state index is 0.0710. The number of phenols is 1. The van der Waals surface area contributed by atoms with Gasteiger partial charge in [-0.25, -0.2) is 4.89 Å². The first-order valence-electron chi connectivity index (χ1n) is 5.98. The summed E-state index contributed by atoms with van der Waals surface area (Å²) < 4.78 is 4.76. The molecule has 0 saturated carbocycles. The predicted octanol–water partition coefficient (Wildman–Crippen LogP) is 3.67. The van der Waals surface area contributed by atoms with Gasteiger partial charge in [0.2, 0.25) is 0 Å². The third-order valence-electron chi connectivity index (χ3n) is 2.93. The number of benzene rings is 2.